The monoisotopic (exact) mass is 180 g/mol. The van der Waals surface area contributed by atoms with Crippen molar-refractivity contribution >= 4 is 0 Å². The van der Waals surface area contributed by atoms with Gasteiger partial charge in [-0.2, -0.15) is 0 Å². The Morgan fingerprint density at radius 3 is 2.77 bits per heavy atom. The van der Waals surface area contributed by atoms with Crippen LogP contribution in [-0.2, 0) is 6.54 Å². The summed E-state index contributed by atoms with van der Waals surface area (Å²) in [4.78, 5) is 3.06. The lowest BCUT2D eigenvalue weighted by atomic mass is 10.0. The van der Waals surface area contributed by atoms with Crippen LogP contribution in [0.1, 0.15) is 32.8 Å². The summed E-state index contributed by atoms with van der Waals surface area (Å²) < 4.78 is 0. The van der Waals surface area contributed by atoms with Gasteiger partial charge in [-0.15, -0.1) is 0 Å². The molecule has 1 rings (SSSR count). The largest absolute Gasteiger partial charge is 0.367 e. The smallest absolute Gasteiger partial charge is 0.0223 e. The van der Waals surface area contributed by atoms with Crippen LogP contribution in [0.3, 0.4) is 0 Å². The molecular weight excluding hydrogens is 160 g/mol. The average molecular weight is 180 g/mol. The number of H-pyrrole nitrogens is 1. The predicted octanol–water partition coefficient (Wildman–Crippen LogP) is 2.54. The molecule has 1 aromatic heterocycles. The van der Waals surface area contributed by atoms with Gasteiger partial charge in [0.25, 0.3) is 0 Å². The maximum atomic E-state index is 3.52. The fraction of sp³-hybridized carbons (Fsp3) is 0.636. The quantitative estimate of drug-likeness (QED) is 0.716. The van der Waals surface area contributed by atoms with Gasteiger partial charge in [0.1, 0.15) is 0 Å². The van der Waals surface area contributed by atoms with Gasteiger partial charge in [0.05, 0.1) is 0 Å². The molecule has 2 N–H and O–H groups in total. The molecule has 0 spiro atoms. The Labute approximate surface area is 80.7 Å². The zero-order chi connectivity index (χ0) is 9.68. The van der Waals surface area contributed by atoms with Crippen molar-refractivity contribution in [3.05, 3.63) is 24.0 Å². The summed E-state index contributed by atoms with van der Waals surface area (Å²) in [5, 5.41) is 3.52. The van der Waals surface area contributed by atoms with E-state index < -0.39 is 0 Å². The SMILES string of the molecule is CCC(C)C(C)NCc1cc[nH]c1. The zero-order valence-corrected chi connectivity index (χ0v) is 8.80. The first-order valence-corrected chi connectivity index (χ1v) is 5.09. The van der Waals surface area contributed by atoms with Crippen LogP contribution in [0.25, 0.3) is 0 Å². The third kappa shape index (κ3) is 3.23. The highest BCUT2D eigenvalue weighted by molar-refractivity contribution is 5.07. The van der Waals surface area contributed by atoms with Crippen molar-refractivity contribution in [1.29, 1.82) is 0 Å². The van der Waals surface area contributed by atoms with Gasteiger partial charge in [0, 0.05) is 25.0 Å². The Balaban J connectivity index is 2.26. The molecule has 0 saturated carbocycles. The Kier molecular flexibility index (Phi) is 4.03. The summed E-state index contributed by atoms with van der Waals surface area (Å²) in [5.74, 6) is 0.749. The highest BCUT2D eigenvalue weighted by atomic mass is 14.9. The molecular formula is C11H20N2. The molecule has 0 aliphatic rings. The zero-order valence-electron chi connectivity index (χ0n) is 8.80. The number of aromatic nitrogens is 1. The van der Waals surface area contributed by atoms with E-state index >= 15 is 0 Å². The van der Waals surface area contributed by atoms with Gasteiger partial charge in [0.15, 0.2) is 0 Å². The van der Waals surface area contributed by atoms with E-state index in [1.165, 1.54) is 12.0 Å². The van der Waals surface area contributed by atoms with Crippen LogP contribution in [0.5, 0.6) is 0 Å². The average Bonchev–Trinajstić information content (AvgIpc) is 2.65. The van der Waals surface area contributed by atoms with Gasteiger partial charge in [-0.1, -0.05) is 20.3 Å². The molecule has 2 nitrogen and oxygen atoms in total. The second-order valence-electron chi connectivity index (χ2n) is 3.77. The minimum absolute atomic E-state index is 0.597. The van der Waals surface area contributed by atoms with E-state index in [1.54, 1.807) is 0 Å². The van der Waals surface area contributed by atoms with Crippen LogP contribution >= 0.6 is 0 Å². The fourth-order valence-electron chi connectivity index (χ4n) is 1.30. The molecule has 0 amide bonds. The third-order valence-electron chi connectivity index (χ3n) is 2.79. The molecule has 2 heteroatoms. The van der Waals surface area contributed by atoms with Crippen LogP contribution in [0.4, 0.5) is 0 Å². The van der Waals surface area contributed by atoms with Gasteiger partial charge < -0.3 is 10.3 Å². The molecule has 0 aliphatic carbocycles. The van der Waals surface area contributed by atoms with Gasteiger partial charge in [0.2, 0.25) is 0 Å². The summed E-state index contributed by atoms with van der Waals surface area (Å²) >= 11 is 0. The molecule has 0 aliphatic heterocycles. The van der Waals surface area contributed by atoms with Crippen LogP contribution in [0.15, 0.2) is 18.5 Å². The molecule has 13 heavy (non-hydrogen) atoms. The molecule has 1 aromatic rings. The number of hydrogen-bond donors (Lipinski definition) is 2. The van der Waals surface area contributed by atoms with Crippen LogP contribution in [-0.4, -0.2) is 11.0 Å². The highest BCUT2D eigenvalue weighted by Gasteiger charge is 2.08. The Morgan fingerprint density at radius 1 is 1.46 bits per heavy atom. The number of aromatic amines is 1. The Bertz CT molecular complexity index is 216. The standard InChI is InChI=1S/C11H20N2/c1-4-9(2)10(3)13-8-11-5-6-12-7-11/h5-7,9-10,12-13H,4,8H2,1-3H3. The molecule has 74 valence electrons. The first-order chi connectivity index (χ1) is 6.24. The molecule has 1 heterocycles. The Hall–Kier alpha value is -0.760. The highest BCUT2D eigenvalue weighted by Crippen LogP contribution is 2.07. The fourth-order valence-corrected chi connectivity index (χ4v) is 1.30. The topological polar surface area (TPSA) is 27.8 Å². The molecule has 0 bridgehead atoms. The predicted molar refractivity (Wildman–Crippen MR) is 56.5 cm³/mol. The van der Waals surface area contributed by atoms with Crippen LogP contribution in [0, 0.1) is 5.92 Å². The number of rotatable bonds is 5. The molecule has 0 radical (unpaired) electrons. The molecule has 0 aromatic carbocycles. The molecule has 0 saturated heterocycles. The third-order valence-corrected chi connectivity index (χ3v) is 2.79. The first-order valence-electron chi connectivity index (χ1n) is 5.09. The maximum Gasteiger partial charge on any atom is 0.0223 e. The number of nitrogens with one attached hydrogen (secondary N) is 2. The van der Waals surface area contributed by atoms with Crippen LogP contribution in [0.2, 0.25) is 0 Å². The summed E-state index contributed by atoms with van der Waals surface area (Å²) in [6, 6.07) is 2.70. The summed E-state index contributed by atoms with van der Waals surface area (Å²) in [7, 11) is 0. The summed E-state index contributed by atoms with van der Waals surface area (Å²) in [5.41, 5.74) is 1.33. The second-order valence-corrected chi connectivity index (χ2v) is 3.77. The maximum absolute atomic E-state index is 3.52. The normalized spacial score (nSPS) is 15.6. The minimum Gasteiger partial charge on any atom is -0.367 e. The van der Waals surface area contributed by atoms with Crippen molar-refractivity contribution < 1.29 is 0 Å². The van der Waals surface area contributed by atoms with Crippen molar-refractivity contribution in [1.82, 2.24) is 10.3 Å². The lowest BCUT2D eigenvalue weighted by molar-refractivity contribution is 0.389. The first kappa shape index (κ1) is 10.3. The van der Waals surface area contributed by atoms with Gasteiger partial charge in [-0.25, -0.2) is 0 Å². The molecule has 2 unspecified atom stereocenters. The summed E-state index contributed by atoms with van der Waals surface area (Å²) in [6.45, 7) is 7.74. The van der Waals surface area contributed by atoms with E-state index in [1.807, 2.05) is 12.4 Å². The lowest BCUT2D eigenvalue weighted by Crippen LogP contribution is -2.31. The van der Waals surface area contributed by atoms with Gasteiger partial charge >= 0.3 is 0 Å². The van der Waals surface area contributed by atoms with E-state index in [0.717, 1.165) is 12.5 Å². The Morgan fingerprint density at radius 2 is 2.23 bits per heavy atom. The van der Waals surface area contributed by atoms with E-state index in [0.29, 0.717) is 6.04 Å². The summed E-state index contributed by atoms with van der Waals surface area (Å²) in [6.07, 6.45) is 5.24. The van der Waals surface area contributed by atoms with Crippen molar-refractivity contribution in [2.75, 3.05) is 0 Å². The van der Waals surface area contributed by atoms with E-state index in [2.05, 4.69) is 37.1 Å². The minimum atomic E-state index is 0.597. The van der Waals surface area contributed by atoms with E-state index in [4.69, 9.17) is 0 Å². The van der Waals surface area contributed by atoms with Crippen molar-refractivity contribution in [3.8, 4) is 0 Å². The van der Waals surface area contributed by atoms with Gasteiger partial charge in [-0.3, -0.25) is 0 Å². The molecule has 0 fully saturated rings. The van der Waals surface area contributed by atoms with Crippen LogP contribution < -0.4 is 5.32 Å². The van der Waals surface area contributed by atoms with Gasteiger partial charge in [-0.05, 0) is 24.5 Å². The molecule has 2 atom stereocenters. The van der Waals surface area contributed by atoms with Crippen molar-refractivity contribution in [2.24, 2.45) is 5.92 Å². The van der Waals surface area contributed by atoms with Crippen molar-refractivity contribution in [2.45, 2.75) is 39.8 Å². The number of hydrogen-bond acceptors (Lipinski definition) is 1. The second kappa shape index (κ2) is 5.07. The van der Waals surface area contributed by atoms with E-state index in [9.17, 15) is 0 Å². The van der Waals surface area contributed by atoms with E-state index in [-0.39, 0.29) is 0 Å². The lowest BCUT2D eigenvalue weighted by Gasteiger charge is -2.19. The van der Waals surface area contributed by atoms with Crippen molar-refractivity contribution in [3.63, 3.8) is 0 Å².